The molecule has 1 aromatic heterocycles. The Morgan fingerprint density at radius 2 is 2.06 bits per heavy atom. The van der Waals surface area contributed by atoms with Crippen LogP contribution in [0.15, 0.2) is 23.3 Å². The fourth-order valence-electron chi connectivity index (χ4n) is 2.11. The van der Waals surface area contributed by atoms with Crippen molar-refractivity contribution in [2.24, 2.45) is 5.92 Å². The predicted octanol–water partition coefficient (Wildman–Crippen LogP) is 1.89. The molecule has 1 amide bonds. The zero-order valence-electron chi connectivity index (χ0n) is 9.16. The van der Waals surface area contributed by atoms with Crippen LogP contribution in [0.2, 0.25) is 0 Å². The van der Waals surface area contributed by atoms with Crippen molar-refractivity contribution in [3.05, 3.63) is 28.7 Å². The van der Waals surface area contributed by atoms with Crippen LogP contribution in [-0.2, 0) is 4.79 Å². The summed E-state index contributed by atoms with van der Waals surface area (Å²) >= 11 is 0. The van der Waals surface area contributed by atoms with Gasteiger partial charge in [0, 0.05) is 24.4 Å². The molecule has 4 heteroatoms. The third kappa shape index (κ3) is 2.51. The van der Waals surface area contributed by atoms with Gasteiger partial charge >= 0.3 is 0 Å². The number of H-pyrrole nitrogens is 1. The summed E-state index contributed by atoms with van der Waals surface area (Å²) in [6.45, 7) is 0. The van der Waals surface area contributed by atoms with Gasteiger partial charge < -0.3 is 10.3 Å². The lowest BCUT2D eigenvalue weighted by Gasteiger charge is -2.20. The number of pyridine rings is 1. The third-order valence-electron chi connectivity index (χ3n) is 3.06. The zero-order chi connectivity index (χ0) is 11.4. The Morgan fingerprint density at radius 1 is 1.31 bits per heavy atom. The largest absolute Gasteiger partial charge is 0.366 e. The van der Waals surface area contributed by atoms with Gasteiger partial charge in [0.2, 0.25) is 11.3 Å². The second kappa shape index (κ2) is 4.96. The van der Waals surface area contributed by atoms with Crippen molar-refractivity contribution in [1.82, 2.24) is 4.98 Å². The smallest absolute Gasteiger partial charge is 0.227 e. The summed E-state index contributed by atoms with van der Waals surface area (Å²) in [6.07, 6.45) is 8.41. The second-order valence-electron chi connectivity index (χ2n) is 4.25. The first kappa shape index (κ1) is 10.9. The first-order valence-corrected chi connectivity index (χ1v) is 5.75. The van der Waals surface area contributed by atoms with Gasteiger partial charge in [-0.2, -0.15) is 0 Å². The summed E-state index contributed by atoms with van der Waals surface area (Å²) in [5.41, 5.74) is 0.195. The normalized spacial score (nSPS) is 17.0. The molecule has 1 fully saturated rings. The minimum absolute atomic E-state index is 0.0172. The van der Waals surface area contributed by atoms with E-state index in [2.05, 4.69) is 10.3 Å². The minimum atomic E-state index is -0.150. The van der Waals surface area contributed by atoms with Gasteiger partial charge in [-0.1, -0.05) is 19.3 Å². The summed E-state index contributed by atoms with van der Waals surface area (Å²) in [5.74, 6) is 0.0600. The highest BCUT2D eigenvalue weighted by Gasteiger charge is 2.21. The van der Waals surface area contributed by atoms with Gasteiger partial charge in [0.05, 0.1) is 0 Å². The van der Waals surface area contributed by atoms with Crippen molar-refractivity contribution in [1.29, 1.82) is 0 Å². The molecule has 0 bridgehead atoms. The van der Waals surface area contributed by atoms with Crippen LogP contribution in [-0.4, -0.2) is 10.9 Å². The molecule has 0 saturated heterocycles. The molecule has 0 unspecified atom stereocenters. The monoisotopic (exact) mass is 220 g/mol. The van der Waals surface area contributed by atoms with Crippen molar-refractivity contribution in [2.75, 3.05) is 5.32 Å². The number of rotatable bonds is 2. The number of aromatic amines is 1. The van der Waals surface area contributed by atoms with Crippen molar-refractivity contribution >= 4 is 11.6 Å². The minimum Gasteiger partial charge on any atom is -0.366 e. The Morgan fingerprint density at radius 3 is 2.75 bits per heavy atom. The Kier molecular flexibility index (Phi) is 3.39. The van der Waals surface area contributed by atoms with Gasteiger partial charge in [-0.05, 0) is 12.8 Å². The molecular weight excluding hydrogens is 204 g/mol. The van der Waals surface area contributed by atoms with Crippen LogP contribution in [0.25, 0.3) is 0 Å². The van der Waals surface area contributed by atoms with Gasteiger partial charge in [0.25, 0.3) is 0 Å². The number of carbonyl (C=O) groups is 1. The van der Waals surface area contributed by atoms with Gasteiger partial charge in [0.15, 0.2) is 0 Å². The van der Waals surface area contributed by atoms with E-state index >= 15 is 0 Å². The van der Waals surface area contributed by atoms with Crippen LogP contribution < -0.4 is 10.7 Å². The number of nitrogens with one attached hydrogen (secondary N) is 2. The zero-order valence-corrected chi connectivity index (χ0v) is 9.16. The van der Waals surface area contributed by atoms with Gasteiger partial charge in [-0.3, -0.25) is 9.59 Å². The third-order valence-corrected chi connectivity index (χ3v) is 3.06. The van der Waals surface area contributed by atoms with E-state index < -0.39 is 0 Å². The summed E-state index contributed by atoms with van der Waals surface area (Å²) in [5, 5.41) is 2.70. The molecule has 1 aliphatic carbocycles. The van der Waals surface area contributed by atoms with Crippen molar-refractivity contribution in [3.63, 3.8) is 0 Å². The molecule has 0 spiro atoms. The lowest BCUT2D eigenvalue weighted by Crippen LogP contribution is -2.27. The van der Waals surface area contributed by atoms with Crippen molar-refractivity contribution in [3.8, 4) is 0 Å². The highest BCUT2D eigenvalue weighted by atomic mass is 16.2. The van der Waals surface area contributed by atoms with Crippen LogP contribution in [0.4, 0.5) is 5.69 Å². The number of carbonyl (C=O) groups excluding carboxylic acids is 1. The molecule has 2 N–H and O–H groups in total. The van der Waals surface area contributed by atoms with Crippen LogP contribution in [0.3, 0.4) is 0 Å². The number of aromatic nitrogens is 1. The molecule has 1 heterocycles. The van der Waals surface area contributed by atoms with E-state index in [9.17, 15) is 9.59 Å². The van der Waals surface area contributed by atoms with Crippen LogP contribution in [0, 0.1) is 5.92 Å². The maximum Gasteiger partial charge on any atom is 0.227 e. The second-order valence-corrected chi connectivity index (χ2v) is 4.25. The maximum absolute atomic E-state index is 11.9. The quantitative estimate of drug-likeness (QED) is 0.799. The molecule has 0 aromatic carbocycles. The molecule has 1 aromatic rings. The Hall–Kier alpha value is -1.58. The first-order valence-electron chi connectivity index (χ1n) is 5.75. The lowest BCUT2D eigenvalue weighted by molar-refractivity contribution is -0.120. The summed E-state index contributed by atoms with van der Waals surface area (Å²) in [7, 11) is 0. The predicted molar refractivity (Wildman–Crippen MR) is 62.3 cm³/mol. The average molecular weight is 220 g/mol. The topological polar surface area (TPSA) is 62.0 Å². The molecule has 0 radical (unpaired) electrons. The Bertz CT molecular complexity index is 419. The van der Waals surface area contributed by atoms with Gasteiger partial charge in [0.1, 0.15) is 5.69 Å². The Labute approximate surface area is 94.1 Å². The SMILES string of the molecule is O=C(Nc1c[nH]ccc1=O)C1CCCCC1. The van der Waals surface area contributed by atoms with Crippen LogP contribution in [0.1, 0.15) is 32.1 Å². The number of anilines is 1. The van der Waals surface area contributed by atoms with Crippen molar-refractivity contribution in [2.45, 2.75) is 32.1 Å². The average Bonchev–Trinajstić information content (AvgIpc) is 2.33. The van der Waals surface area contributed by atoms with Crippen molar-refractivity contribution < 1.29 is 4.79 Å². The molecular formula is C12H16N2O2. The van der Waals surface area contributed by atoms with E-state index in [1.165, 1.54) is 18.7 Å². The lowest BCUT2D eigenvalue weighted by atomic mass is 9.88. The van der Waals surface area contributed by atoms with E-state index in [1.807, 2.05) is 0 Å². The first-order chi connectivity index (χ1) is 7.77. The maximum atomic E-state index is 11.9. The fraction of sp³-hybridized carbons (Fsp3) is 0.500. The van der Waals surface area contributed by atoms with Gasteiger partial charge in [-0.15, -0.1) is 0 Å². The standard InChI is InChI=1S/C12H16N2O2/c15-11-6-7-13-8-10(11)14-12(16)9-4-2-1-3-5-9/h6-9H,1-5H2,(H,13,15)(H,14,16). The Balaban J connectivity index is 2.01. The summed E-state index contributed by atoms with van der Waals surface area (Å²) in [4.78, 5) is 26.1. The molecule has 16 heavy (non-hydrogen) atoms. The molecule has 0 aliphatic heterocycles. The molecule has 1 aliphatic rings. The fourth-order valence-corrected chi connectivity index (χ4v) is 2.11. The van der Waals surface area contributed by atoms with E-state index in [0.29, 0.717) is 5.69 Å². The highest BCUT2D eigenvalue weighted by Crippen LogP contribution is 2.24. The van der Waals surface area contributed by atoms with Crippen LogP contribution in [0.5, 0.6) is 0 Å². The molecule has 86 valence electrons. The number of hydrogen-bond acceptors (Lipinski definition) is 2. The molecule has 4 nitrogen and oxygen atoms in total. The number of hydrogen-bond donors (Lipinski definition) is 2. The van der Waals surface area contributed by atoms with E-state index in [4.69, 9.17) is 0 Å². The van der Waals surface area contributed by atoms with E-state index in [1.54, 1.807) is 6.20 Å². The summed E-state index contributed by atoms with van der Waals surface area (Å²) < 4.78 is 0. The van der Waals surface area contributed by atoms with E-state index in [-0.39, 0.29) is 17.3 Å². The molecule has 2 rings (SSSR count). The van der Waals surface area contributed by atoms with Crippen LogP contribution >= 0.6 is 0 Å². The molecule has 1 saturated carbocycles. The summed E-state index contributed by atoms with van der Waals surface area (Å²) in [6, 6.07) is 1.41. The highest BCUT2D eigenvalue weighted by molar-refractivity contribution is 5.92. The molecule has 0 atom stereocenters. The van der Waals surface area contributed by atoms with Gasteiger partial charge in [-0.25, -0.2) is 0 Å². The van der Waals surface area contributed by atoms with E-state index in [0.717, 1.165) is 25.7 Å². The number of amides is 1.